The summed E-state index contributed by atoms with van der Waals surface area (Å²) in [6.07, 6.45) is 0. The molecule has 0 aliphatic carbocycles. The van der Waals surface area contributed by atoms with E-state index in [-0.39, 0.29) is 5.75 Å². The fourth-order valence-electron chi connectivity index (χ4n) is 1.48. The molecule has 0 aliphatic heterocycles. The van der Waals surface area contributed by atoms with Gasteiger partial charge in [0.2, 0.25) is 0 Å². The molecule has 2 N–H and O–H groups in total. The van der Waals surface area contributed by atoms with Crippen molar-refractivity contribution in [2.75, 3.05) is 0 Å². The lowest BCUT2D eigenvalue weighted by Crippen LogP contribution is -2.12. The smallest absolute Gasteiger partial charge is 0.120 e. The third-order valence-corrected chi connectivity index (χ3v) is 3.50. The van der Waals surface area contributed by atoms with E-state index in [9.17, 15) is 5.11 Å². The van der Waals surface area contributed by atoms with Crippen LogP contribution in [0.2, 0.25) is 5.02 Å². The summed E-state index contributed by atoms with van der Waals surface area (Å²) in [5.41, 5.74) is 1.84. The van der Waals surface area contributed by atoms with E-state index < -0.39 is 0 Å². The van der Waals surface area contributed by atoms with Crippen LogP contribution in [0.5, 0.6) is 5.75 Å². The molecular formula is C12H13ClN2OS. The average Bonchev–Trinajstić information content (AvgIpc) is 2.69. The molecule has 0 aliphatic rings. The van der Waals surface area contributed by atoms with Crippen LogP contribution in [0.25, 0.3) is 0 Å². The third-order valence-electron chi connectivity index (χ3n) is 2.30. The first-order valence-electron chi connectivity index (χ1n) is 5.24. The van der Waals surface area contributed by atoms with Gasteiger partial charge in [-0.2, -0.15) is 0 Å². The van der Waals surface area contributed by atoms with Gasteiger partial charge in [0, 0.05) is 34.7 Å². The number of aromatic hydroxyl groups is 1. The third kappa shape index (κ3) is 3.43. The van der Waals surface area contributed by atoms with E-state index in [1.165, 1.54) is 0 Å². The Kier molecular flexibility index (Phi) is 3.99. The standard InChI is InChI=1S/C12H13ClN2OS/c1-8-7-17-12(15-8)6-14-5-9-4-10(13)2-3-11(9)16/h2-4,7,14,16H,5-6H2,1H3. The summed E-state index contributed by atoms with van der Waals surface area (Å²) in [7, 11) is 0. The molecule has 0 radical (unpaired) electrons. The van der Waals surface area contributed by atoms with Crippen LogP contribution < -0.4 is 5.32 Å². The molecule has 17 heavy (non-hydrogen) atoms. The number of aromatic nitrogens is 1. The summed E-state index contributed by atoms with van der Waals surface area (Å²) in [6, 6.07) is 5.04. The van der Waals surface area contributed by atoms with Gasteiger partial charge in [-0.15, -0.1) is 11.3 Å². The molecule has 5 heteroatoms. The number of phenols is 1. The molecule has 0 saturated heterocycles. The largest absolute Gasteiger partial charge is 0.508 e. The molecule has 1 aromatic carbocycles. The van der Waals surface area contributed by atoms with E-state index in [0.717, 1.165) is 16.3 Å². The molecule has 0 spiro atoms. The molecule has 0 amide bonds. The SMILES string of the molecule is Cc1csc(CNCc2cc(Cl)ccc2O)n1. The van der Waals surface area contributed by atoms with Crippen molar-refractivity contribution in [3.05, 3.63) is 44.9 Å². The highest BCUT2D eigenvalue weighted by atomic mass is 35.5. The maximum absolute atomic E-state index is 9.62. The summed E-state index contributed by atoms with van der Waals surface area (Å²) < 4.78 is 0. The maximum atomic E-state index is 9.62. The van der Waals surface area contributed by atoms with Crippen molar-refractivity contribution in [1.82, 2.24) is 10.3 Å². The van der Waals surface area contributed by atoms with Gasteiger partial charge in [0.05, 0.1) is 0 Å². The minimum Gasteiger partial charge on any atom is -0.508 e. The van der Waals surface area contributed by atoms with Crippen molar-refractivity contribution in [2.24, 2.45) is 0 Å². The van der Waals surface area contributed by atoms with E-state index in [2.05, 4.69) is 10.3 Å². The molecule has 0 bridgehead atoms. The number of thiazole rings is 1. The van der Waals surface area contributed by atoms with Crippen LogP contribution in [0, 0.1) is 6.92 Å². The zero-order valence-electron chi connectivity index (χ0n) is 9.40. The van der Waals surface area contributed by atoms with E-state index in [1.54, 1.807) is 29.5 Å². The van der Waals surface area contributed by atoms with Crippen LogP contribution in [0.3, 0.4) is 0 Å². The number of nitrogens with zero attached hydrogens (tertiary/aromatic N) is 1. The first-order valence-corrected chi connectivity index (χ1v) is 6.50. The Hall–Kier alpha value is -1.10. The van der Waals surface area contributed by atoms with Gasteiger partial charge in [-0.3, -0.25) is 0 Å². The monoisotopic (exact) mass is 268 g/mol. The van der Waals surface area contributed by atoms with Crippen molar-refractivity contribution in [3.8, 4) is 5.75 Å². The predicted octanol–water partition coefficient (Wildman–Crippen LogP) is 3.10. The van der Waals surface area contributed by atoms with Crippen molar-refractivity contribution in [2.45, 2.75) is 20.0 Å². The molecule has 0 unspecified atom stereocenters. The fraction of sp³-hybridized carbons (Fsp3) is 0.250. The summed E-state index contributed by atoms with van der Waals surface area (Å²) in [5.74, 6) is 0.261. The van der Waals surface area contributed by atoms with Crippen molar-refractivity contribution in [1.29, 1.82) is 0 Å². The molecule has 2 rings (SSSR count). The second-order valence-corrected chi connectivity index (χ2v) is 5.14. The van der Waals surface area contributed by atoms with Crippen molar-refractivity contribution < 1.29 is 5.11 Å². The van der Waals surface area contributed by atoms with E-state index >= 15 is 0 Å². The summed E-state index contributed by atoms with van der Waals surface area (Å²) in [4.78, 5) is 4.35. The second kappa shape index (κ2) is 5.49. The Balaban J connectivity index is 1.91. The quantitative estimate of drug-likeness (QED) is 0.896. The van der Waals surface area contributed by atoms with Gasteiger partial charge in [0.15, 0.2) is 0 Å². The Labute approximate surface area is 109 Å². The minimum atomic E-state index is 0.261. The number of halogens is 1. The zero-order chi connectivity index (χ0) is 12.3. The van der Waals surface area contributed by atoms with Crippen LogP contribution >= 0.6 is 22.9 Å². The lowest BCUT2D eigenvalue weighted by atomic mass is 10.2. The van der Waals surface area contributed by atoms with Gasteiger partial charge in [-0.1, -0.05) is 11.6 Å². The highest BCUT2D eigenvalue weighted by Crippen LogP contribution is 2.21. The molecule has 3 nitrogen and oxygen atoms in total. The van der Waals surface area contributed by atoms with E-state index in [0.29, 0.717) is 18.1 Å². The Morgan fingerprint density at radius 2 is 2.24 bits per heavy atom. The summed E-state index contributed by atoms with van der Waals surface area (Å²) in [6.45, 7) is 3.25. The highest BCUT2D eigenvalue weighted by Gasteiger charge is 2.03. The Bertz CT molecular complexity index is 513. The summed E-state index contributed by atoms with van der Waals surface area (Å²) in [5, 5.41) is 16.5. The van der Waals surface area contributed by atoms with Gasteiger partial charge < -0.3 is 10.4 Å². The number of aryl methyl sites for hydroxylation is 1. The minimum absolute atomic E-state index is 0.261. The second-order valence-electron chi connectivity index (χ2n) is 3.76. The van der Waals surface area contributed by atoms with E-state index in [1.807, 2.05) is 12.3 Å². The number of benzene rings is 1. The van der Waals surface area contributed by atoms with Gasteiger partial charge >= 0.3 is 0 Å². The molecule has 1 aromatic heterocycles. The fourth-order valence-corrected chi connectivity index (χ4v) is 2.42. The normalized spacial score (nSPS) is 10.7. The van der Waals surface area contributed by atoms with Crippen LogP contribution in [0.4, 0.5) is 0 Å². The lowest BCUT2D eigenvalue weighted by molar-refractivity contribution is 0.464. The number of phenolic OH excluding ortho intramolecular Hbond substituents is 1. The number of rotatable bonds is 4. The van der Waals surface area contributed by atoms with Gasteiger partial charge in [0.25, 0.3) is 0 Å². The molecule has 1 heterocycles. The zero-order valence-corrected chi connectivity index (χ0v) is 11.0. The van der Waals surface area contributed by atoms with Gasteiger partial charge in [0.1, 0.15) is 10.8 Å². The van der Waals surface area contributed by atoms with Crippen LogP contribution in [0.15, 0.2) is 23.6 Å². The topological polar surface area (TPSA) is 45.1 Å². The molecule has 0 saturated carbocycles. The van der Waals surface area contributed by atoms with Gasteiger partial charge in [-0.25, -0.2) is 4.98 Å². The van der Waals surface area contributed by atoms with Gasteiger partial charge in [-0.05, 0) is 25.1 Å². The summed E-state index contributed by atoms with van der Waals surface area (Å²) >= 11 is 7.50. The maximum Gasteiger partial charge on any atom is 0.120 e. The molecule has 0 atom stereocenters. The first kappa shape index (κ1) is 12.4. The molecule has 90 valence electrons. The van der Waals surface area contributed by atoms with Crippen molar-refractivity contribution >= 4 is 22.9 Å². The van der Waals surface area contributed by atoms with Crippen LogP contribution in [-0.2, 0) is 13.1 Å². The number of hydrogen-bond donors (Lipinski definition) is 2. The average molecular weight is 269 g/mol. The number of nitrogens with one attached hydrogen (secondary N) is 1. The van der Waals surface area contributed by atoms with Crippen LogP contribution in [0.1, 0.15) is 16.3 Å². The van der Waals surface area contributed by atoms with E-state index in [4.69, 9.17) is 11.6 Å². The Morgan fingerprint density at radius 1 is 1.41 bits per heavy atom. The molecular weight excluding hydrogens is 256 g/mol. The predicted molar refractivity (Wildman–Crippen MR) is 70.5 cm³/mol. The van der Waals surface area contributed by atoms with Crippen LogP contribution in [-0.4, -0.2) is 10.1 Å². The first-order chi connectivity index (χ1) is 8.15. The Morgan fingerprint density at radius 3 is 2.94 bits per heavy atom. The molecule has 0 fully saturated rings. The molecule has 2 aromatic rings. The van der Waals surface area contributed by atoms with Crippen molar-refractivity contribution in [3.63, 3.8) is 0 Å². The lowest BCUT2D eigenvalue weighted by Gasteiger charge is -2.05. The highest BCUT2D eigenvalue weighted by molar-refractivity contribution is 7.09. The number of hydrogen-bond acceptors (Lipinski definition) is 4.